The normalized spacial score (nSPS) is 17.4. The van der Waals surface area contributed by atoms with Crippen LogP contribution in [0.5, 0.6) is 0 Å². The number of ketones is 1. The molecule has 0 atom stereocenters. The Labute approximate surface area is 114 Å². The average Bonchev–Trinajstić information content (AvgIpc) is 3.14. The van der Waals surface area contributed by atoms with E-state index in [4.69, 9.17) is 0 Å². The SMILES string of the molecule is Cc1cc(F)cc2c1N(CC(=O)NC1CC1)C(=O)C2=O. The van der Waals surface area contributed by atoms with E-state index in [0.717, 1.165) is 23.8 Å². The number of nitrogens with zero attached hydrogens (tertiary/aromatic N) is 1. The highest BCUT2D eigenvalue weighted by atomic mass is 19.1. The van der Waals surface area contributed by atoms with Crippen LogP contribution in [0, 0.1) is 12.7 Å². The summed E-state index contributed by atoms with van der Waals surface area (Å²) in [6.07, 6.45) is 1.89. The first kappa shape index (κ1) is 12.8. The summed E-state index contributed by atoms with van der Waals surface area (Å²) in [5.74, 6) is -2.40. The van der Waals surface area contributed by atoms with Gasteiger partial charge in [-0.1, -0.05) is 0 Å². The number of Topliss-reactive ketones (excluding diaryl/α,β-unsaturated/α-hetero) is 1. The number of rotatable bonds is 3. The predicted octanol–water partition coefficient (Wildman–Crippen LogP) is 0.942. The Bertz CT molecular complexity index is 638. The zero-order valence-corrected chi connectivity index (χ0v) is 10.9. The molecule has 1 aromatic rings. The van der Waals surface area contributed by atoms with Gasteiger partial charge in [0.25, 0.3) is 11.7 Å². The molecule has 1 saturated carbocycles. The van der Waals surface area contributed by atoms with Crippen molar-refractivity contribution in [2.24, 2.45) is 0 Å². The molecule has 3 rings (SSSR count). The minimum absolute atomic E-state index is 0.0340. The number of halogens is 1. The molecule has 1 N–H and O–H groups in total. The first-order chi connectivity index (χ1) is 9.47. The van der Waals surface area contributed by atoms with E-state index in [-0.39, 0.29) is 24.1 Å². The Morgan fingerprint density at radius 1 is 1.40 bits per heavy atom. The molecule has 1 heterocycles. The van der Waals surface area contributed by atoms with Crippen LogP contribution in [-0.2, 0) is 9.59 Å². The molecule has 0 unspecified atom stereocenters. The highest BCUT2D eigenvalue weighted by molar-refractivity contribution is 6.52. The van der Waals surface area contributed by atoms with E-state index in [0.29, 0.717) is 11.3 Å². The number of carbonyl (C=O) groups excluding carboxylic acids is 3. The Hall–Kier alpha value is -2.24. The molecule has 6 heteroatoms. The molecule has 2 amide bonds. The Morgan fingerprint density at radius 3 is 2.75 bits per heavy atom. The van der Waals surface area contributed by atoms with Gasteiger partial charge in [-0.2, -0.15) is 0 Å². The number of amides is 2. The number of nitrogens with one attached hydrogen (secondary N) is 1. The van der Waals surface area contributed by atoms with Gasteiger partial charge in [0.15, 0.2) is 0 Å². The first-order valence-electron chi connectivity index (χ1n) is 6.43. The first-order valence-corrected chi connectivity index (χ1v) is 6.43. The van der Waals surface area contributed by atoms with Crippen molar-refractivity contribution in [3.63, 3.8) is 0 Å². The summed E-state index contributed by atoms with van der Waals surface area (Å²) in [6, 6.07) is 2.47. The summed E-state index contributed by atoms with van der Waals surface area (Å²) < 4.78 is 13.3. The van der Waals surface area contributed by atoms with Crippen molar-refractivity contribution in [2.75, 3.05) is 11.4 Å². The molecule has 0 saturated heterocycles. The van der Waals surface area contributed by atoms with Gasteiger partial charge in [-0.15, -0.1) is 0 Å². The van der Waals surface area contributed by atoms with Gasteiger partial charge in [0.05, 0.1) is 11.3 Å². The van der Waals surface area contributed by atoms with E-state index in [2.05, 4.69) is 5.32 Å². The van der Waals surface area contributed by atoms with Crippen LogP contribution in [0.3, 0.4) is 0 Å². The molecule has 1 aromatic carbocycles. The second-order valence-corrected chi connectivity index (χ2v) is 5.18. The lowest BCUT2D eigenvalue weighted by molar-refractivity contribution is -0.122. The molecular formula is C14H13FN2O3. The smallest absolute Gasteiger partial charge is 0.299 e. The molecule has 2 aliphatic rings. The van der Waals surface area contributed by atoms with E-state index >= 15 is 0 Å². The molecule has 0 spiro atoms. The van der Waals surface area contributed by atoms with Gasteiger partial charge in [0.2, 0.25) is 5.91 Å². The summed E-state index contributed by atoms with van der Waals surface area (Å²) in [5, 5.41) is 2.76. The second-order valence-electron chi connectivity index (χ2n) is 5.18. The molecular weight excluding hydrogens is 263 g/mol. The third-order valence-corrected chi connectivity index (χ3v) is 3.46. The summed E-state index contributed by atoms with van der Waals surface area (Å²) in [5.41, 5.74) is 0.845. The fourth-order valence-corrected chi connectivity index (χ4v) is 2.40. The molecule has 0 aromatic heterocycles. The molecule has 0 bridgehead atoms. The van der Waals surface area contributed by atoms with Crippen LogP contribution in [0.2, 0.25) is 0 Å². The number of hydrogen-bond donors (Lipinski definition) is 1. The number of fused-ring (bicyclic) bond motifs is 1. The van der Waals surface area contributed by atoms with Crippen molar-refractivity contribution in [2.45, 2.75) is 25.8 Å². The van der Waals surface area contributed by atoms with E-state index in [1.807, 2.05) is 0 Å². The van der Waals surface area contributed by atoms with Gasteiger partial charge in [0.1, 0.15) is 12.4 Å². The summed E-state index contributed by atoms with van der Waals surface area (Å²) in [6.45, 7) is 1.40. The zero-order valence-electron chi connectivity index (χ0n) is 10.9. The van der Waals surface area contributed by atoms with E-state index in [1.54, 1.807) is 6.92 Å². The van der Waals surface area contributed by atoms with Crippen molar-refractivity contribution in [1.82, 2.24) is 5.32 Å². The topological polar surface area (TPSA) is 66.5 Å². The fraction of sp³-hybridized carbons (Fsp3) is 0.357. The molecule has 1 aliphatic carbocycles. The van der Waals surface area contributed by atoms with Crippen molar-refractivity contribution in [3.05, 3.63) is 29.1 Å². The van der Waals surface area contributed by atoms with Crippen LogP contribution in [0.25, 0.3) is 0 Å². The monoisotopic (exact) mass is 276 g/mol. The standard InChI is InChI=1S/C14H13FN2O3/c1-7-4-8(15)5-10-12(7)17(14(20)13(10)19)6-11(18)16-9-2-3-9/h4-5,9H,2-3,6H2,1H3,(H,16,18). The number of hydrogen-bond acceptors (Lipinski definition) is 3. The van der Waals surface area contributed by atoms with Gasteiger partial charge >= 0.3 is 0 Å². The van der Waals surface area contributed by atoms with Gasteiger partial charge < -0.3 is 5.32 Å². The number of benzene rings is 1. The van der Waals surface area contributed by atoms with E-state index < -0.39 is 17.5 Å². The second kappa shape index (κ2) is 4.40. The largest absolute Gasteiger partial charge is 0.352 e. The molecule has 1 aliphatic heterocycles. The lowest BCUT2D eigenvalue weighted by Crippen LogP contribution is -2.41. The Morgan fingerprint density at radius 2 is 2.10 bits per heavy atom. The highest BCUT2D eigenvalue weighted by Gasteiger charge is 2.38. The van der Waals surface area contributed by atoms with Crippen molar-refractivity contribution < 1.29 is 18.8 Å². The highest BCUT2D eigenvalue weighted by Crippen LogP contribution is 2.33. The maximum atomic E-state index is 13.3. The number of aryl methyl sites for hydroxylation is 1. The summed E-state index contributed by atoms with van der Waals surface area (Å²) >= 11 is 0. The van der Waals surface area contributed by atoms with Crippen LogP contribution < -0.4 is 10.2 Å². The van der Waals surface area contributed by atoms with Gasteiger partial charge in [-0.05, 0) is 37.5 Å². The van der Waals surface area contributed by atoms with Crippen molar-refractivity contribution >= 4 is 23.3 Å². The van der Waals surface area contributed by atoms with Gasteiger partial charge in [-0.3, -0.25) is 19.3 Å². The molecule has 1 fully saturated rings. The quantitative estimate of drug-likeness (QED) is 0.836. The molecule has 104 valence electrons. The van der Waals surface area contributed by atoms with E-state index in [9.17, 15) is 18.8 Å². The Balaban J connectivity index is 1.91. The van der Waals surface area contributed by atoms with Crippen molar-refractivity contribution in [1.29, 1.82) is 0 Å². The summed E-state index contributed by atoms with van der Waals surface area (Å²) in [7, 11) is 0. The molecule has 20 heavy (non-hydrogen) atoms. The van der Waals surface area contributed by atoms with Crippen LogP contribution in [-0.4, -0.2) is 30.2 Å². The van der Waals surface area contributed by atoms with Gasteiger partial charge in [-0.25, -0.2) is 4.39 Å². The van der Waals surface area contributed by atoms with Crippen LogP contribution in [0.1, 0.15) is 28.8 Å². The maximum absolute atomic E-state index is 13.3. The molecule has 0 radical (unpaired) electrons. The van der Waals surface area contributed by atoms with Crippen LogP contribution >= 0.6 is 0 Å². The lowest BCUT2D eigenvalue weighted by atomic mass is 10.1. The third kappa shape index (κ3) is 2.07. The lowest BCUT2D eigenvalue weighted by Gasteiger charge is -2.18. The number of anilines is 1. The summed E-state index contributed by atoms with van der Waals surface area (Å²) in [4.78, 5) is 36.7. The maximum Gasteiger partial charge on any atom is 0.299 e. The Kier molecular flexibility index (Phi) is 2.81. The minimum atomic E-state index is -0.778. The van der Waals surface area contributed by atoms with Crippen molar-refractivity contribution in [3.8, 4) is 0 Å². The van der Waals surface area contributed by atoms with Crippen LogP contribution in [0.4, 0.5) is 10.1 Å². The zero-order chi connectivity index (χ0) is 14.4. The van der Waals surface area contributed by atoms with Gasteiger partial charge in [0, 0.05) is 6.04 Å². The fourth-order valence-electron chi connectivity index (χ4n) is 2.40. The van der Waals surface area contributed by atoms with Crippen LogP contribution in [0.15, 0.2) is 12.1 Å². The predicted molar refractivity (Wildman–Crippen MR) is 69.0 cm³/mol. The number of carbonyl (C=O) groups is 3. The van der Waals surface area contributed by atoms with E-state index in [1.165, 1.54) is 6.07 Å². The third-order valence-electron chi connectivity index (χ3n) is 3.46. The average molecular weight is 276 g/mol. The minimum Gasteiger partial charge on any atom is -0.352 e. The molecule has 5 nitrogen and oxygen atoms in total.